The molecule has 132 valence electrons. The van der Waals surface area contributed by atoms with Gasteiger partial charge in [0.05, 0.1) is 12.2 Å². The average Bonchev–Trinajstić information content (AvgIpc) is 3.22. The second-order valence-electron chi connectivity index (χ2n) is 6.16. The van der Waals surface area contributed by atoms with Crippen LogP contribution in [0.25, 0.3) is 11.0 Å². The molecule has 1 aliphatic rings. The molecule has 1 aliphatic heterocycles. The van der Waals surface area contributed by atoms with Crippen LogP contribution in [0.5, 0.6) is 0 Å². The number of fused-ring (bicyclic) bond motifs is 1. The van der Waals surface area contributed by atoms with E-state index in [0.717, 1.165) is 10.9 Å². The van der Waals surface area contributed by atoms with Gasteiger partial charge in [-0.05, 0) is 12.1 Å². The third-order valence-corrected chi connectivity index (χ3v) is 6.22. The van der Waals surface area contributed by atoms with Crippen molar-refractivity contribution in [3.63, 3.8) is 0 Å². The first-order valence-electron chi connectivity index (χ1n) is 8.07. The van der Waals surface area contributed by atoms with Crippen molar-refractivity contribution in [2.24, 2.45) is 7.05 Å². The van der Waals surface area contributed by atoms with Crippen molar-refractivity contribution in [1.29, 1.82) is 0 Å². The largest absolute Gasteiger partial charge is 0.356 e. The molecular weight excluding hydrogens is 342 g/mol. The lowest BCUT2D eigenvalue weighted by Gasteiger charge is -2.34. The maximum atomic E-state index is 13.1. The molecule has 25 heavy (non-hydrogen) atoms. The van der Waals surface area contributed by atoms with E-state index in [-0.39, 0.29) is 11.8 Å². The molecule has 1 unspecified atom stereocenters. The Morgan fingerprint density at radius 3 is 3.00 bits per heavy atom. The highest BCUT2D eigenvalue weighted by molar-refractivity contribution is 7.88. The Bertz CT molecular complexity index is 994. The van der Waals surface area contributed by atoms with Crippen molar-refractivity contribution in [3.05, 3.63) is 47.9 Å². The molecule has 3 aromatic rings. The van der Waals surface area contributed by atoms with Crippen LogP contribution in [0.1, 0.15) is 17.3 Å². The summed E-state index contributed by atoms with van der Waals surface area (Å²) in [5.74, 6) is -0.180. The SMILES string of the molecule is Cn1cc(C2CNCCN2S(=O)(=O)Cc2noc3ccccc23)cn1. The van der Waals surface area contributed by atoms with Crippen molar-refractivity contribution >= 4 is 21.0 Å². The Hall–Kier alpha value is -2.23. The maximum Gasteiger partial charge on any atom is 0.220 e. The number of nitrogens with zero attached hydrogens (tertiary/aromatic N) is 4. The van der Waals surface area contributed by atoms with Crippen LogP contribution in [0.2, 0.25) is 0 Å². The highest BCUT2D eigenvalue weighted by Gasteiger charge is 2.34. The molecule has 1 N–H and O–H groups in total. The quantitative estimate of drug-likeness (QED) is 0.746. The summed E-state index contributed by atoms with van der Waals surface area (Å²) in [4.78, 5) is 0. The van der Waals surface area contributed by atoms with Gasteiger partial charge in [0.15, 0.2) is 5.58 Å². The Morgan fingerprint density at radius 2 is 2.20 bits per heavy atom. The van der Waals surface area contributed by atoms with Crippen LogP contribution in [0, 0.1) is 0 Å². The number of sulfonamides is 1. The van der Waals surface area contributed by atoms with Crippen LogP contribution in [-0.4, -0.2) is 47.3 Å². The lowest BCUT2D eigenvalue weighted by molar-refractivity contribution is 0.271. The van der Waals surface area contributed by atoms with E-state index in [1.807, 2.05) is 31.4 Å². The van der Waals surface area contributed by atoms with Crippen molar-refractivity contribution in [2.75, 3.05) is 19.6 Å². The molecule has 9 heteroatoms. The van der Waals surface area contributed by atoms with E-state index in [0.29, 0.717) is 30.9 Å². The Balaban J connectivity index is 1.65. The standard InChI is InChI=1S/C16H19N5O3S/c1-20-10-12(8-18-20)15-9-17-6-7-21(15)25(22,23)11-14-13-4-2-3-5-16(13)24-19-14/h2-5,8,10,15,17H,6-7,9,11H2,1H3. The average molecular weight is 361 g/mol. The first kappa shape index (κ1) is 16.2. The van der Waals surface area contributed by atoms with Crippen molar-refractivity contribution < 1.29 is 12.9 Å². The summed E-state index contributed by atoms with van der Waals surface area (Å²) in [5.41, 5.74) is 1.92. The van der Waals surface area contributed by atoms with Gasteiger partial charge in [-0.1, -0.05) is 17.3 Å². The molecule has 1 aromatic carbocycles. The van der Waals surface area contributed by atoms with E-state index in [4.69, 9.17) is 4.52 Å². The smallest absolute Gasteiger partial charge is 0.220 e. The molecule has 0 radical (unpaired) electrons. The minimum atomic E-state index is -3.55. The minimum Gasteiger partial charge on any atom is -0.356 e. The summed E-state index contributed by atoms with van der Waals surface area (Å²) in [6.45, 7) is 1.59. The second-order valence-corrected chi connectivity index (χ2v) is 8.08. The molecule has 4 rings (SSSR count). The van der Waals surface area contributed by atoms with Crippen LogP contribution < -0.4 is 5.32 Å². The topological polar surface area (TPSA) is 93.3 Å². The minimum absolute atomic E-state index is 0.180. The second kappa shape index (κ2) is 6.25. The zero-order chi connectivity index (χ0) is 17.4. The Labute approximate surface area is 145 Å². The van der Waals surface area contributed by atoms with Gasteiger partial charge in [0.2, 0.25) is 10.0 Å². The molecule has 0 amide bonds. The van der Waals surface area contributed by atoms with Gasteiger partial charge in [0.1, 0.15) is 11.4 Å². The zero-order valence-electron chi connectivity index (χ0n) is 13.8. The molecule has 8 nitrogen and oxygen atoms in total. The molecule has 1 saturated heterocycles. The van der Waals surface area contributed by atoms with Crippen LogP contribution in [0.3, 0.4) is 0 Å². The normalized spacial score (nSPS) is 19.5. The molecule has 3 heterocycles. The first-order chi connectivity index (χ1) is 12.0. The lowest BCUT2D eigenvalue weighted by atomic mass is 10.1. The molecular formula is C16H19N5O3S. The number of piperazine rings is 1. The van der Waals surface area contributed by atoms with Gasteiger partial charge in [-0.3, -0.25) is 4.68 Å². The van der Waals surface area contributed by atoms with Crippen LogP contribution in [0.4, 0.5) is 0 Å². The van der Waals surface area contributed by atoms with E-state index in [1.165, 1.54) is 0 Å². The van der Waals surface area contributed by atoms with Gasteiger partial charge in [0, 0.05) is 43.8 Å². The summed E-state index contributed by atoms with van der Waals surface area (Å²) in [7, 11) is -1.73. The Morgan fingerprint density at radius 1 is 1.36 bits per heavy atom. The monoisotopic (exact) mass is 361 g/mol. The summed E-state index contributed by atoms with van der Waals surface area (Å²) in [6, 6.07) is 7.01. The number of benzene rings is 1. The Kier molecular flexibility index (Phi) is 4.06. The third kappa shape index (κ3) is 3.06. The van der Waals surface area contributed by atoms with E-state index in [1.54, 1.807) is 21.3 Å². The van der Waals surface area contributed by atoms with E-state index in [9.17, 15) is 8.42 Å². The molecule has 0 aliphatic carbocycles. The number of aryl methyl sites for hydroxylation is 1. The number of para-hydroxylation sites is 1. The number of hydrogen-bond acceptors (Lipinski definition) is 6. The summed E-state index contributed by atoms with van der Waals surface area (Å²) in [6.07, 6.45) is 3.57. The van der Waals surface area contributed by atoms with Crippen molar-refractivity contribution in [1.82, 2.24) is 24.6 Å². The number of hydrogen-bond donors (Lipinski definition) is 1. The van der Waals surface area contributed by atoms with Gasteiger partial charge in [-0.15, -0.1) is 0 Å². The number of aromatic nitrogens is 3. The summed E-state index contributed by atoms with van der Waals surface area (Å²) < 4.78 is 34.6. The van der Waals surface area contributed by atoms with Gasteiger partial charge < -0.3 is 9.84 Å². The van der Waals surface area contributed by atoms with Crippen LogP contribution in [0.15, 0.2) is 41.2 Å². The molecule has 2 aromatic heterocycles. The predicted octanol–water partition coefficient (Wildman–Crippen LogP) is 1.04. The maximum absolute atomic E-state index is 13.1. The number of rotatable bonds is 4. The van der Waals surface area contributed by atoms with Crippen LogP contribution >= 0.6 is 0 Å². The highest BCUT2D eigenvalue weighted by Crippen LogP contribution is 2.28. The molecule has 1 fully saturated rings. The third-order valence-electron chi connectivity index (χ3n) is 4.43. The van der Waals surface area contributed by atoms with E-state index < -0.39 is 10.0 Å². The summed E-state index contributed by atoms with van der Waals surface area (Å²) in [5, 5.41) is 12.1. The predicted molar refractivity (Wildman–Crippen MR) is 92.2 cm³/mol. The fourth-order valence-electron chi connectivity index (χ4n) is 3.21. The molecule has 0 saturated carbocycles. The van der Waals surface area contributed by atoms with Crippen molar-refractivity contribution in [2.45, 2.75) is 11.8 Å². The fraction of sp³-hybridized carbons (Fsp3) is 0.375. The molecule has 0 spiro atoms. The van der Waals surface area contributed by atoms with Gasteiger partial charge in [-0.2, -0.15) is 9.40 Å². The zero-order valence-corrected chi connectivity index (χ0v) is 14.6. The van der Waals surface area contributed by atoms with Gasteiger partial charge >= 0.3 is 0 Å². The first-order valence-corrected chi connectivity index (χ1v) is 9.67. The fourth-order valence-corrected chi connectivity index (χ4v) is 4.89. The highest BCUT2D eigenvalue weighted by atomic mass is 32.2. The van der Waals surface area contributed by atoms with E-state index >= 15 is 0 Å². The summed E-state index contributed by atoms with van der Waals surface area (Å²) >= 11 is 0. The number of nitrogens with one attached hydrogen (secondary N) is 1. The van der Waals surface area contributed by atoms with E-state index in [2.05, 4.69) is 15.6 Å². The van der Waals surface area contributed by atoms with Crippen molar-refractivity contribution in [3.8, 4) is 0 Å². The molecule has 0 bridgehead atoms. The lowest BCUT2D eigenvalue weighted by Crippen LogP contribution is -2.48. The van der Waals surface area contributed by atoms with Gasteiger partial charge in [-0.25, -0.2) is 8.42 Å². The van der Waals surface area contributed by atoms with Gasteiger partial charge in [0.25, 0.3) is 0 Å². The van der Waals surface area contributed by atoms with Crippen LogP contribution in [-0.2, 0) is 22.8 Å². The molecule has 1 atom stereocenters.